The maximum absolute atomic E-state index is 14.5. The SMILES string of the molecule is CCc1cccc(-c2c(F)cccc2N(CCCCO)C(=O)O)c1. The highest BCUT2D eigenvalue weighted by Crippen LogP contribution is 2.34. The summed E-state index contributed by atoms with van der Waals surface area (Å²) >= 11 is 0. The maximum atomic E-state index is 14.5. The molecule has 0 saturated carbocycles. The molecule has 0 aliphatic rings. The Balaban J connectivity index is 2.49. The Morgan fingerprint density at radius 3 is 2.58 bits per heavy atom. The minimum atomic E-state index is -1.13. The van der Waals surface area contributed by atoms with Crippen molar-refractivity contribution < 1.29 is 19.4 Å². The first-order valence-electron chi connectivity index (χ1n) is 8.07. The average molecular weight is 331 g/mol. The summed E-state index contributed by atoms with van der Waals surface area (Å²) in [6.45, 7) is 2.22. The number of hydrogen-bond donors (Lipinski definition) is 2. The van der Waals surface area contributed by atoms with Crippen LogP contribution in [0.25, 0.3) is 11.1 Å². The molecular formula is C19H22FNO3. The van der Waals surface area contributed by atoms with Crippen LogP contribution in [0.1, 0.15) is 25.3 Å². The number of rotatable bonds is 7. The van der Waals surface area contributed by atoms with E-state index < -0.39 is 11.9 Å². The summed E-state index contributed by atoms with van der Waals surface area (Å²) in [6, 6.07) is 11.9. The zero-order valence-electron chi connectivity index (χ0n) is 13.7. The second-order valence-corrected chi connectivity index (χ2v) is 5.55. The molecule has 2 rings (SSSR count). The Morgan fingerprint density at radius 2 is 1.92 bits per heavy atom. The Bertz CT molecular complexity index is 703. The second kappa shape index (κ2) is 8.45. The van der Waals surface area contributed by atoms with Gasteiger partial charge in [0.2, 0.25) is 0 Å². The van der Waals surface area contributed by atoms with Gasteiger partial charge in [0.1, 0.15) is 5.82 Å². The number of aliphatic hydroxyl groups excluding tert-OH is 1. The zero-order chi connectivity index (χ0) is 17.5. The summed E-state index contributed by atoms with van der Waals surface area (Å²) in [6.07, 6.45) is 0.691. The number of unbranched alkanes of at least 4 members (excludes halogenated alkanes) is 1. The van der Waals surface area contributed by atoms with E-state index in [1.807, 2.05) is 25.1 Å². The second-order valence-electron chi connectivity index (χ2n) is 5.55. The molecule has 24 heavy (non-hydrogen) atoms. The Labute approximate surface area is 141 Å². The topological polar surface area (TPSA) is 60.8 Å². The highest BCUT2D eigenvalue weighted by Gasteiger charge is 2.21. The van der Waals surface area contributed by atoms with Crippen molar-refractivity contribution in [3.8, 4) is 11.1 Å². The number of benzene rings is 2. The van der Waals surface area contributed by atoms with Crippen molar-refractivity contribution >= 4 is 11.8 Å². The van der Waals surface area contributed by atoms with Crippen molar-refractivity contribution in [2.45, 2.75) is 26.2 Å². The fourth-order valence-electron chi connectivity index (χ4n) is 2.67. The fraction of sp³-hybridized carbons (Fsp3) is 0.316. The fourth-order valence-corrected chi connectivity index (χ4v) is 2.67. The average Bonchev–Trinajstić information content (AvgIpc) is 2.58. The van der Waals surface area contributed by atoms with Crippen LogP contribution >= 0.6 is 0 Å². The van der Waals surface area contributed by atoms with Crippen LogP contribution in [0.4, 0.5) is 14.9 Å². The van der Waals surface area contributed by atoms with E-state index in [0.717, 1.165) is 16.9 Å². The van der Waals surface area contributed by atoms with E-state index in [9.17, 15) is 14.3 Å². The van der Waals surface area contributed by atoms with Crippen LogP contribution in [0.2, 0.25) is 0 Å². The lowest BCUT2D eigenvalue weighted by molar-refractivity contribution is 0.201. The van der Waals surface area contributed by atoms with E-state index in [4.69, 9.17) is 5.11 Å². The minimum Gasteiger partial charge on any atom is -0.465 e. The molecule has 2 aromatic rings. The molecule has 5 heteroatoms. The van der Waals surface area contributed by atoms with Gasteiger partial charge in [-0.25, -0.2) is 9.18 Å². The quantitative estimate of drug-likeness (QED) is 0.743. The Kier molecular flexibility index (Phi) is 6.32. The van der Waals surface area contributed by atoms with Gasteiger partial charge >= 0.3 is 6.09 Å². The normalized spacial score (nSPS) is 10.6. The predicted molar refractivity (Wildman–Crippen MR) is 92.9 cm³/mol. The summed E-state index contributed by atoms with van der Waals surface area (Å²) < 4.78 is 14.5. The van der Waals surface area contributed by atoms with Crippen molar-refractivity contribution in [2.75, 3.05) is 18.1 Å². The number of halogens is 1. The molecule has 0 bridgehead atoms. The van der Waals surface area contributed by atoms with Gasteiger partial charge in [-0.2, -0.15) is 0 Å². The van der Waals surface area contributed by atoms with Crippen LogP contribution in [0.5, 0.6) is 0 Å². The van der Waals surface area contributed by atoms with Gasteiger partial charge in [-0.1, -0.05) is 37.3 Å². The molecule has 0 aliphatic carbocycles. The van der Waals surface area contributed by atoms with Gasteiger partial charge in [-0.05, 0) is 42.5 Å². The van der Waals surface area contributed by atoms with E-state index in [0.29, 0.717) is 29.7 Å². The van der Waals surface area contributed by atoms with Gasteiger partial charge < -0.3 is 10.2 Å². The minimum absolute atomic E-state index is 0.00200. The monoisotopic (exact) mass is 331 g/mol. The van der Waals surface area contributed by atoms with E-state index >= 15 is 0 Å². The Morgan fingerprint density at radius 1 is 1.17 bits per heavy atom. The van der Waals surface area contributed by atoms with Gasteiger partial charge in [-0.15, -0.1) is 0 Å². The number of hydrogen-bond acceptors (Lipinski definition) is 2. The first kappa shape index (κ1) is 17.9. The summed E-state index contributed by atoms with van der Waals surface area (Å²) in [4.78, 5) is 12.8. The summed E-state index contributed by atoms with van der Waals surface area (Å²) in [7, 11) is 0. The van der Waals surface area contributed by atoms with Gasteiger partial charge in [0.15, 0.2) is 0 Å². The van der Waals surface area contributed by atoms with Crippen molar-refractivity contribution in [3.63, 3.8) is 0 Å². The maximum Gasteiger partial charge on any atom is 0.411 e. The number of nitrogens with zero attached hydrogens (tertiary/aromatic N) is 1. The molecule has 0 saturated heterocycles. The molecule has 2 N–H and O–H groups in total. The highest BCUT2D eigenvalue weighted by molar-refractivity contribution is 5.93. The third-order valence-corrected chi connectivity index (χ3v) is 3.93. The highest BCUT2D eigenvalue weighted by atomic mass is 19.1. The number of anilines is 1. The van der Waals surface area contributed by atoms with Crippen LogP contribution in [0, 0.1) is 5.82 Å². The molecule has 0 aromatic heterocycles. The lowest BCUT2D eigenvalue weighted by atomic mass is 9.99. The van der Waals surface area contributed by atoms with Crippen molar-refractivity contribution in [1.82, 2.24) is 0 Å². The van der Waals surface area contributed by atoms with Crippen LogP contribution in [0.3, 0.4) is 0 Å². The largest absolute Gasteiger partial charge is 0.465 e. The number of amides is 1. The molecule has 0 atom stereocenters. The van der Waals surface area contributed by atoms with E-state index in [-0.39, 0.29) is 13.2 Å². The molecule has 2 aromatic carbocycles. The van der Waals surface area contributed by atoms with E-state index in [1.54, 1.807) is 12.1 Å². The van der Waals surface area contributed by atoms with Gasteiger partial charge in [0.05, 0.1) is 5.69 Å². The number of carbonyl (C=O) groups is 1. The standard InChI is InChI=1S/C19H22FNO3/c1-2-14-7-5-8-15(13-14)18-16(20)9-6-10-17(18)21(19(23)24)11-3-4-12-22/h5-10,13,22H,2-4,11-12H2,1H3,(H,23,24). The van der Waals surface area contributed by atoms with Crippen LogP contribution in [-0.2, 0) is 6.42 Å². The van der Waals surface area contributed by atoms with Gasteiger partial charge in [0, 0.05) is 18.7 Å². The third kappa shape index (κ3) is 4.11. The molecule has 1 amide bonds. The number of aliphatic hydroxyl groups is 1. The first-order valence-corrected chi connectivity index (χ1v) is 8.07. The lowest BCUT2D eigenvalue weighted by Gasteiger charge is -2.23. The van der Waals surface area contributed by atoms with Crippen LogP contribution in [-0.4, -0.2) is 29.5 Å². The molecule has 0 aliphatic heterocycles. The lowest BCUT2D eigenvalue weighted by Crippen LogP contribution is -2.31. The zero-order valence-corrected chi connectivity index (χ0v) is 13.7. The van der Waals surface area contributed by atoms with Gasteiger partial charge in [0.25, 0.3) is 0 Å². The van der Waals surface area contributed by atoms with E-state index in [2.05, 4.69) is 0 Å². The number of carboxylic acid groups (broad SMARTS) is 1. The molecule has 0 unspecified atom stereocenters. The molecule has 0 spiro atoms. The summed E-state index contributed by atoms with van der Waals surface area (Å²) in [5, 5.41) is 18.4. The first-order chi connectivity index (χ1) is 11.6. The molecule has 0 heterocycles. The molecule has 0 fully saturated rings. The van der Waals surface area contributed by atoms with Crippen molar-refractivity contribution in [1.29, 1.82) is 0 Å². The molecule has 0 radical (unpaired) electrons. The third-order valence-electron chi connectivity index (χ3n) is 3.93. The van der Waals surface area contributed by atoms with Crippen LogP contribution in [0.15, 0.2) is 42.5 Å². The Hall–Kier alpha value is -2.40. The molecule has 4 nitrogen and oxygen atoms in total. The van der Waals surface area contributed by atoms with Crippen molar-refractivity contribution in [2.24, 2.45) is 0 Å². The van der Waals surface area contributed by atoms with Crippen LogP contribution < -0.4 is 4.90 Å². The van der Waals surface area contributed by atoms with E-state index in [1.165, 1.54) is 12.1 Å². The summed E-state index contributed by atoms with van der Waals surface area (Å²) in [5.74, 6) is -0.450. The smallest absolute Gasteiger partial charge is 0.411 e. The van der Waals surface area contributed by atoms with Crippen molar-refractivity contribution in [3.05, 3.63) is 53.8 Å². The van der Waals surface area contributed by atoms with Gasteiger partial charge in [-0.3, -0.25) is 4.90 Å². The molecular weight excluding hydrogens is 309 g/mol. The molecule has 128 valence electrons. The summed E-state index contributed by atoms with van der Waals surface area (Å²) in [5.41, 5.74) is 2.34. The number of aryl methyl sites for hydroxylation is 1. The predicted octanol–water partition coefficient (Wildman–Crippen LogP) is 4.31.